The maximum absolute atomic E-state index is 5.95. The van der Waals surface area contributed by atoms with Gasteiger partial charge in [0.2, 0.25) is 0 Å². The third-order valence-electron chi connectivity index (χ3n) is 2.57. The summed E-state index contributed by atoms with van der Waals surface area (Å²) in [5, 5.41) is 4.06. The summed E-state index contributed by atoms with van der Waals surface area (Å²) >= 11 is 9.36. The second-order valence-electron chi connectivity index (χ2n) is 3.83. The second kappa shape index (κ2) is 6.12. The molecule has 18 heavy (non-hydrogen) atoms. The maximum Gasteiger partial charge on any atom is 0.119 e. The van der Waals surface area contributed by atoms with E-state index in [0.29, 0.717) is 0 Å². The normalized spacial score (nSPS) is 10.2. The fourth-order valence-electron chi connectivity index (χ4n) is 1.56. The van der Waals surface area contributed by atoms with Crippen LogP contribution in [0.5, 0.6) is 5.75 Å². The third kappa shape index (κ3) is 3.40. The van der Waals surface area contributed by atoms with Crippen LogP contribution in [-0.2, 0) is 6.54 Å². The lowest BCUT2D eigenvalue weighted by Crippen LogP contribution is -1.99. The fourth-order valence-corrected chi connectivity index (χ4v) is 2.11. The first kappa shape index (κ1) is 13.2. The van der Waals surface area contributed by atoms with Crippen LogP contribution < -0.4 is 10.1 Å². The molecule has 0 fully saturated rings. The van der Waals surface area contributed by atoms with E-state index in [1.807, 2.05) is 42.5 Å². The van der Waals surface area contributed by atoms with Gasteiger partial charge in [-0.3, -0.25) is 0 Å². The summed E-state index contributed by atoms with van der Waals surface area (Å²) in [6.45, 7) is 0.752. The number of hydrogen-bond acceptors (Lipinski definition) is 2. The molecule has 0 unspecified atom stereocenters. The van der Waals surface area contributed by atoms with Crippen LogP contribution in [-0.4, -0.2) is 7.11 Å². The van der Waals surface area contributed by atoms with Gasteiger partial charge in [0.15, 0.2) is 0 Å². The van der Waals surface area contributed by atoms with Crippen LogP contribution in [0.1, 0.15) is 5.56 Å². The first-order valence-corrected chi connectivity index (χ1v) is 6.68. The van der Waals surface area contributed by atoms with Crippen molar-refractivity contribution in [2.45, 2.75) is 6.54 Å². The van der Waals surface area contributed by atoms with Crippen LogP contribution in [0.3, 0.4) is 0 Å². The van der Waals surface area contributed by atoms with Gasteiger partial charge in [0.1, 0.15) is 5.75 Å². The van der Waals surface area contributed by atoms with Crippen LogP contribution >= 0.6 is 27.5 Å². The van der Waals surface area contributed by atoms with Crippen molar-refractivity contribution in [2.75, 3.05) is 12.4 Å². The average Bonchev–Trinajstić information content (AvgIpc) is 2.41. The molecule has 2 aromatic rings. The van der Waals surface area contributed by atoms with Gasteiger partial charge in [-0.2, -0.15) is 0 Å². The Kier molecular flexibility index (Phi) is 4.50. The molecule has 0 saturated heterocycles. The molecule has 0 atom stereocenters. The number of nitrogens with one attached hydrogen (secondary N) is 1. The van der Waals surface area contributed by atoms with Crippen molar-refractivity contribution in [1.29, 1.82) is 0 Å². The summed E-state index contributed by atoms with van der Waals surface area (Å²) in [6.07, 6.45) is 0. The van der Waals surface area contributed by atoms with Gasteiger partial charge in [-0.1, -0.05) is 17.7 Å². The molecule has 0 aliphatic rings. The van der Waals surface area contributed by atoms with Crippen LogP contribution in [0.15, 0.2) is 46.9 Å². The summed E-state index contributed by atoms with van der Waals surface area (Å²) in [5.74, 6) is 0.856. The Hall–Kier alpha value is -1.19. The summed E-state index contributed by atoms with van der Waals surface area (Å²) < 4.78 is 6.03. The standard InChI is InChI=1S/C14H13BrClNO/c1-18-12-5-3-11(4-6-12)17-9-10-2-7-14(16)13(15)8-10/h2-8,17H,9H2,1H3. The van der Waals surface area contributed by atoms with Gasteiger partial charge in [0, 0.05) is 16.7 Å². The van der Waals surface area contributed by atoms with Crippen molar-refractivity contribution in [3.8, 4) is 5.75 Å². The van der Waals surface area contributed by atoms with Crippen LogP contribution in [0.25, 0.3) is 0 Å². The zero-order valence-electron chi connectivity index (χ0n) is 9.91. The average molecular weight is 327 g/mol. The molecular weight excluding hydrogens is 314 g/mol. The molecule has 0 amide bonds. The van der Waals surface area contributed by atoms with E-state index in [0.717, 1.165) is 27.5 Å². The number of methoxy groups -OCH3 is 1. The molecule has 0 heterocycles. The molecule has 1 N–H and O–H groups in total. The van der Waals surface area contributed by atoms with Crippen molar-refractivity contribution in [2.24, 2.45) is 0 Å². The van der Waals surface area contributed by atoms with Crippen molar-refractivity contribution >= 4 is 33.2 Å². The second-order valence-corrected chi connectivity index (χ2v) is 5.09. The first-order chi connectivity index (χ1) is 8.69. The molecule has 0 aliphatic carbocycles. The van der Waals surface area contributed by atoms with Gasteiger partial charge < -0.3 is 10.1 Å². The molecule has 4 heteroatoms. The Morgan fingerprint density at radius 2 is 1.89 bits per heavy atom. The minimum atomic E-state index is 0.725. The Morgan fingerprint density at radius 1 is 1.17 bits per heavy atom. The molecule has 2 aromatic carbocycles. The number of rotatable bonds is 4. The summed E-state index contributed by atoms with van der Waals surface area (Å²) in [5.41, 5.74) is 2.23. The topological polar surface area (TPSA) is 21.3 Å². The number of benzene rings is 2. The van der Waals surface area contributed by atoms with E-state index in [4.69, 9.17) is 16.3 Å². The van der Waals surface area contributed by atoms with E-state index in [1.54, 1.807) is 7.11 Å². The van der Waals surface area contributed by atoms with Gasteiger partial charge >= 0.3 is 0 Å². The Labute approximate surface area is 120 Å². The van der Waals surface area contributed by atoms with Crippen LogP contribution in [0.4, 0.5) is 5.69 Å². The molecule has 0 aromatic heterocycles. The minimum Gasteiger partial charge on any atom is -0.497 e. The van der Waals surface area contributed by atoms with Gasteiger partial charge in [-0.05, 0) is 57.9 Å². The zero-order valence-corrected chi connectivity index (χ0v) is 12.3. The monoisotopic (exact) mass is 325 g/mol. The molecule has 2 nitrogen and oxygen atoms in total. The molecule has 2 rings (SSSR count). The van der Waals surface area contributed by atoms with E-state index < -0.39 is 0 Å². The highest BCUT2D eigenvalue weighted by Crippen LogP contribution is 2.24. The van der Waals surface area contributed by atoms with Gasteiger partial charge in [0.05, 0.1) is 12.1 Å². The van der Waals surface area contributed by atoms with Crippen LogP contribution in [0, 0.1) is 0 Å². The van der Waals surface area contributed by atoms with Crippen molar-refractivity contribution in [1.82, 2.24) is 0 Å². The van der Waals surface area contributed by atoms with Crippen molar-refractivity contribution < 1.29 is 4.74 Å². The fraction of sp³-hybridized carbons (Fsp3) is 0.143. The number of anilines is 1. The molecule has 0 aliphatic heterocycles. The highest BCUT2D eigenvalue weighted by molar-refractivity contribution is 9.10. The van der Waals surface area contributed by atoms with E-state index in [1.165, 1.54) is 5.56 Å². The van der Waals surface area contributed by atoms with Crippen LogP contribution in [0.2, 0.25) is 5.02 Å². The number of halogens is 2. The smallest absolute Gasteiger partial charge is 0.119 e. The third-order valence-corrected chi connectivity index (χ3v) is 3.78. The lowest BCUT2D eigenvalue weighted by molar-refractivity contribution is 0.415. The van der Waals surface area contributed by atoms with Gasteiger partial charge in [-0.15, -0.1) is 0 Å². The van der Waals surface area contributed by atoms with E-state index in [-0.39, 0.29) is 0 Å². The predicted molar refractivity (Wildman–Crippen MR) is 79.5 cm³/mol. The molecular formula is C14H13BrClNO. The number of hydrogen-bond donors (Lipinski definition) is 1. The Morgan fingerprint density at radius 3 is 2.50 bits per heavy atom. The van der Waals surface area contributed by atoms with Crippen molar-refractivity contribution in [3.05, 3.63) is 57.5 Å². The zero-order chi connectivity index (χ0) is 13.0. The predicted octanol–water partition coefficient (Wildman–Crippen LogP) is 4.72. The first-order valence-electron chi connectivity index (χ1n) is 5.51. The van der Waals surface area contributed by atoms with E-state index >= 15 is 0 Å². The molecule has 0 spiro atoms. The van der Waals surface area contributed by atoms with Gasteiger partial charge in [-0.25, -0.2) is 0 Å². The lowest BCUT2D eigenvalue weighted by Gasteiger charge is -2.08. The van der Waals surface area contributed by atoms with E-state index in [9.17, 15) is 0 Å². The SMILES string of the molecule is COc1ccc(NCc2ccc(Cl)c(Br)c2)cc1. The molecule has 94 valence electrons. The maximum atomic E-state index is 5.95. The summed E-state index contributed by atoms with van der Waals surface area (Å²) in [4.78, 5) is 0. The van der Waals surface area contributed by atoms with Crippen molar-refractivity contribution in [3.63, 3.8) is 0 Å². The quantitative estimate of drug-likeness (QED) is 0.877. The minimum absolute atomic E-state index is 0.725. The largest absolute Gasteiger partial charge is 0.497 e. The molecule has 0 saturated carbocycles. The Balaban J connectivity index is 1.99. The highest BCUT2D eigenvalue weighted by Gasteiger charge is 1.99. The highest BCUT2D eigenvalue weighted by atomic mass is 79.9. The number of ether oxygens (including phenoxy) is 1. The summed E-state index contributed by atoms with van der Waals surface area (Å²) in [7, 11) is 1.66. The molecule has 0 bridgehead atoms. The van der Waals surface area contributed by atoms with Gasteiger partial charge in [0.25, 0.3) is 0 Å². The lowest BCUT2D eigenvalue weighted by atomic mass is 10.2. The summed E-state index contributed by atoms with van der Waals surface area (Å²) in [6, 6.07) is 13.7. The molecule has 0 radical (unpaired) electrons. The Bertz CT molecular complexity index is 528. The van der Waals surface area contributed by atoms with E-state index in [2.05, 4.69) is 21.2 Å².